The second kappa shape index (κ2) is 10.2. The molecule has 0 bridgehead atoms. The van der Waals surface area contributed by atoms with Crippen LogP contribution < -0.4 is 10.1 Å². The number of hydrogen-bond acceptors (Lipinski definition) is 4. The maximum absolute atomic E-state index is 12.5. The van der Waals surface area contributed by atoms with Crippen LogP contribution in [0.1, 0.15) is 40.0 Å². The molecule has 0 aliphatic heterocycles. The van der Waals surface area contributed by atoms with Gasteiger partial charge in [-0.05, 0) is 44.9 Å². The molecule has 0 aliphatic rings. The second-order valence-corrected chi connectivity index (χ2v) is 9.90. The minimum Gasteiger partial charge on any atom is -0.481 e. The molecule has 27 heavy (non-hydrogen) atoms. The summed E-state index contributed by atoms with van der Waals surface area (Å²) in [6.07, 6.45) is 1.84. The first-order valence-electron chi connectivity index (χ1n) is 8.54. The van der Waals surface area contributed by atoms with Crippen molar-refractivity contribution < 1.29 is 17.9 Å². The van der Waals surface area contributed by atoms with Crippen molar-refractivity contribution in [2.24, 2.45) is 0 Å². The second-order valence-electron chi connectivity index (χ2n) is 6.77. The van der Waals surface area contributed by atoms with Gasteiger partial charge in [-0.2, -0.15) is 0 Å². The lowest BCUT2D eigenvalue weighted by atomic mass is 10.1. The third kappa shape index (κ3) is 9.90. The fourth-order valence-electron chi connectivity index (χ4n) is 2.21. The third-order valence-corrected chi connectivity index (χ3v) is 4.90. The van der Waals surface area contributed by atoms with Gasteiger partial charge in [-0.25, -0.2) is 8.42 Å². The highest BCUT2D eigenvalue weighted by Crippen LogP contribution is 2.25. The Hall–Kier alpha value is -1.42. The molecule has 1 unspecified atom stereocenters. The summed E-state index contributed by atoms with van der Waals surface area (Å²) in [5.74, 6) is 6.10. The van der Waals surface area contributed by atoms with Gasteiger partial charge in [0.2, 0.25) is 0 Å². The summed E-state index contributed by atoms with van der Waals surface area (Å²) in [6, 6.07) is 4.77. The lowest BCUT2D eigenvalue weighted by Crippen LogP contribution is -2.48. The van der Waals surface area contributed by atoms with Crippen LogP contribution >= 0.6 is 23.2 Å². The van der Waals surface area contributed by atoms with E-state index in [1.165, 1.54) is 6.26 Å². The molecule has 0 spiro atoms. The first-order chi connectivity index (χ1) is 12.4. The predicted octanol–water partition coefficient (Wildman–Crippen LogP) is 3.87. The summed E-state index contributed by atoms with van der Waals surface area (Å²) in [7, 11) is -2.98. The fourth-order valence-corrected chi connectivity index (χ4v) is 3.38. The molecule has 1 aromatic carbocycles. The standard InChI is InChI=1S/C19H25Cl2NO4S/c1-5-17(26-16-12-14(20)11-15(21)13-16)18(23)22-19(2,3)9-7-6-8-10-27(4,24)25/h11-13,17H,5-6,8,10H2,1-4H3,(H,22,23). The van der Waals surface area contributed by atoms with Gasteiger partial charge in [-0.15, -0.1) is 5.92 Å². The van der Waals surface area contributed by atoms with Crippen molar-refractivity contribution in [1.82, 2.24) is 5.32 Å². The van der Waals surface area contributed by atoms with Crippen LogP contribution in [-0.2, 0) is 14.6 Å². The topological polar surface area (TPSA) is 72.5 Å². The van der Waals surface area contributed by atoms with Crippen molar-refractivity contribution in [2.45, 2.75) is 51.7 Å². The lowest BCUT2D eigenvalue weighted by molar-refractivity contribution is -0.129. The zero-order valence-electron chi connectivity index (χ0n) is 15.9. The first kappa shape index (κ1) is 23.6. The Morgan fingerprint density at radius 1 is 1.26 bits per heavy atom. The van der Waals surface area contributed by atoms with E-state index in [1.54, 1.807) is 32.0 Å². The Bertz CT molecular complexity index is 806. The van der Waals surface area contributed by atoms with Crippen LogP contribution in [0.25, 0.3) is 0 Å². The van der Waals surface area contributed by atoms with Gasteiger partial charge in [0, 0.05) is 22.7 Å². The number of carbonyl (C=O) groups excluding carboxylic acids is 1. The Labute approximate surface area is 171 Å². The van der Waals surface area contributed by atoms with Crippen LogP contribution in [0, 0.1) is 11.8 Å². The molecule has 5 nitrogen and oxygen atoms in total. The number of benzene rings is 1. The predicted molar refractivity (Wildman–Crippen MR) is 110 cm³/mol. The quantitative estimate of drug-likeness (QED) is 0.498. The van der Waals surface area contributed by atoms with Crippen molar-refractivity contribution in [3.05, 3.63) is 28.2 Å². The summed E-state index contributed by atoms with van der Waals surface area (Å²) in [4.78, 5) is 12.5. The molecule has 1 rings (SSSR count). The van der Waals surface area contributed by atoms with E-state index in [0.29, 0.717) is 35.1 Å². The van der Waals surface area contributed by atoms with Crippen molar-refractivity contribution in [3.8, 4) is 17.6 Å². The zero-order chi connectivity index (χ0) is 20.7. The molecule has 0 saturated heterocycles. The van der Waals surface area contributed by atoms with E-state index in [1.807, 2.05) is 6.92 Å². The van der Waals surface area contributed by atoms with E-state index in [0.717, 1.165) is 0 Å². The molecular weight excluding hydrogens is 409 g/mol. The molecule has 8 heteroatoms. The van der Waals surface area contributed by atoms with Gasteiger partial charge < -0.3 is 10.1 Å². The summed E-state index contributed by atoms with van der Waals surface area (Å²) in [5, 5.41) is 3.69. The minimum absolute atomic E-state index is 0.0996. The number of carbonyl (C=O) groups is 1. The molecule has 0 saturated carbocycles. The summed E-state index contributed by atoms with van der Waals surface area (Å²) < 4.78 is 27.9. The molecule has 1 amide bonds. The number of rotatable bonds is 8. The van der Waals surface area contributed by atoms with Crippen LogP contribution in [0.3, 0.4) is 0 Å². The van der Waals surface area contributed by atoms with E-state index in [9.17, 15) is 13.2 Å². The van der Waals surface area contributed by atoms with Crippen LogP contribution in [0.15, 0.2) is 18.2 Å². The number of nitrogens with one attached hydrogen (secondary N) is 1. The molecule has 150 valence electrons. The Morgan fingerprint density at radius 2 is 1.85 bits per heavy atom. The highest BCUT2D eigenvalue weighted by molar-refractivity contribution is 7.90. The number of hydrogen-bond donors (Lipinski definition) is 1. The van der Waals surface area contributed by atoms with E-state index < -0.39 is 21.5 Å². The SMILES string of the molecule is CCC(Oc1cc(Cl)cc(Cl)c1)C(=O)NC(C)(C)C#CCCCS(C)(=O)=O. The van der Waals surface area contributed by atoms with Gasteiger partial charge in [-0.1, -0.05) is 36.0 Å². The van der Waals surface area contributed by atoms with Gasteiger partial charge >= 0.3 is 0 Å². The van der Waals surface area contributed by atoms with Crippen molar-refractivity contribution in [1.29, 1.82) is 0 Å². The number of ether oxygens (including phenoxy) is 1. The summed E-state index contributed by atoms with van der Waals surface area (Å²) in [5.41, 5.74) is -0.773. The summed E-state index contributed by atoms with van der Waals surface area (Å²) >= 11 is 11.9. The lowest BCUT2D eigenvalue weighted by Gasteiger charge is -2.24. The fraction of sp³-hybridized carbons (Fsp3) is 0.526. The minimum atomic E-state index is -2.98. The molecule has 1 N–H and O–H groups in total. The molecule has 1 aromatic rings. The molecule has 0 radical (unpaired) electrons. The van der Waals surface area contributed by atoms with Crippen molar-refractivity contribution >= 4 is 38.9 Å². The molecule has 0 aliphatic carbocycles. The van der Waals surface area contributed by atoms with E-state index in [-0.39, 0.29) is 11.7 Å². The number of halogens is 2. The van der Waals surface area contributed by atoms with Gasteiger partial charge in [0.25, 0.3) is 5.91 Å². The maximum Gasteiger partial charge on any atom is 0.262 e. The Balaban J connectivity index is 2.67. The average molecular weight is 434 g/mol. The van der Waals surface area contributed by atoms with Crippen molar-refractivity contribution in [2.75, 3.05) is 12.0 Å². The van der Waals surface area contributed by atoms with E-state index in [2.05, 4.69) is 17.2 Å². The van der Waals surface area contributed by atoms with Gasteiger partial charge in [0.15, 0.2) is 6.10 Å². The molecule has 1 atom stereocenters. The normalized spacial score (nSPS) is 12.7. The summed E-state index contributed by atoms with van der Waals surface area (Å²) in [6.45, 7) is 5.38. The van der Waals surface area contributed by atoms with Crippen molar-refractivity contribution in [3.63, 3.8) is 0 Å². The number of sulfone groups is 1. The smallest absolute Gasteiger partial charge is 0.262 e. The molecule has 0 fully saturated rings. The van der Waals surface area contributed by atoms with Crippen LogP contribution in [0.5, 0.6) is 5.75 Å². The average Bonchev–Trinajstić information content (AvgIpc) is 2.49. The largest absolute Gasteiger partial charge is 0.481 e. The van der Waals surface area contributed by atoms with Gasteiger partial charge in [0.1, 0.15) is 15.6 Å². The highest BCUT2D eigenvalue weighted by Gasteiger charge is 2.25. The van der Waals surface area contributed by atoms with E-state index >= 15 is 0 Å². The first-order valence-corrected chi connectivity index (χ1v) is 11.4. The van der Waals surface area contributed by atoms with Crippen LogP contribution in [0.2, 0.25) is 10.0 Å². The third-order valence-electron chi connectivity index (χ3n) is 3.43. The van der Waals surface area contributed by atoms with Gasteiger partial charge in [-0.3, -0.25) is 4.79 Å². The zero-order valence-corrected chi connectivity index (χ0v) is 18.3. The Morgan fingerprint density at radius 3 is 2.37 bits per heavy atom. The van der Waals surface area contributed by atoms with Gasteiger partial charge in [0.05, 0.1) is 11.3 Å². The van der Waals surface area contributed by atoms with E-state index in [4.69, 9.17) is 27.9 Å². The van der Waals surface area contributed by atoms with Crippen LogP contribution in [-0.4, -0.2) is 38.0 Å². The Kier molecular flexibility index (Phi) is 8.93. The highest BCUT2D eigenvalue weighted by atomic mass is 35.5. The molecule has 0 aromatic heterocycles. The maximum atomic E-state index is 12.5. The molecule has 0 heterocycles. The number of unbranched alkanes of at least 4 members (excludes halogenated alkanes) is 1. The molecular formula is C19H25Cl2NO4S. The number of amides is 1. The monoisotopic (exact) mass is 433 g/mol. The van der Waals surface area contributed by atoms with Crippen LogP contribution in [0.4, 0.5) is 0 Å².